The lowest BCUT2D eigenvalue weighted by molar-refractivity contribution is -0.117. The van der Waals surface area contributed by atoms with Crippen molar-refractivity contribution in [1.29, 1.82) is 0 Å². The highest BCUT2D eigenvalue weighted by molar-refractivity contribution is 7.58. The summed E-state index contributed by atoms with van der Waals surface area (Å²) >= 11 is 0. The van der Waals surface area contributed by atoms with Gasteiger partial charge in [-0.15, -0.1) is 0 Å². The molecule has 3 unspecified atom stereocenters. The molecule has 3 N–H and O–H groups in total. The van der Waals surface area contributed by atoms with Gasteiger partial charge < -0.3 is 29.1 Å². The zero-order chi connectivity index (χ0) is 27.6. The van der Waals surface area contributed by atoms with E-state index in [1.54, 1.807) is 14.7 Å². The van der Waals surface area contributed by atoms with E-state index in [1.165, 1.54) is 20.8 Å². The number of carbonyl (C=O) groups excluding carboxylic acids is 3. The van der Waals surface area contributed by atoms with E-state index in [1.807, 2.05) is 0 Å². The van der Waals surface area contributed by atoms with Crippen molar-refractivity contribution in [3.63, 3.8) is 0 Å². The molecule has 0 saturated carbocycles. The summed E-state index contributed by atoms with van der Waals surface area (Å²) in [6, 6.07) is 0. The molecule has 15 heteroatoms. The molecule has 0 aliphatic carbocycles. The average molecular weight is 574 g/mol. The molecule has 1 rings (SSSR count). The van der Waals surface area contributed by atoms with Crippen molar-refractivity contribution < 1.29 is 42.8 Å². The van der Waals surface area contributed by atoms with E-state index in [0.29, 0.717) is 39.3 Å². The zero-order valence-corrected chi connectivity index (χ0v) is 24.3. The van der Waals surface area contributed by atoms with Gasteiger partial charge in [-0.1, -0.05) is 0 Å². The monoisotopic (exact) mass is 573 g/mol. The van der Waals surface area contributed by atoms with Crippen LogP contribution in [0.5, 0.6) is 0 Å². The van der Waals surface area contributed by atoms with Gasteiger partial charge in [0.2, 0.25) is 22.1 Å². The molecule has 1 aliphatic rings. The molecule has 0 aromatic heterocycles. The number of nitrogens with zero attached hydrogens (tertiary/aromatic N) is 3. The van der Waals surface area contributed by atoms with Crippen molar-refractivity contribution in [1.82, 2.24) is 14.7 Å². The highest BCUT2D eigenvalue weighted by atomic mass is 31.2. The van der Waals surface area contributed by atoms with Crippen molar-refractivity contribution in [2.45, 2.75) is 40.0 Å². The molecule has 0 amide bonds. The highest BCUT2D eigenvalue weighted by Crippen LogP contribution is 2.44. The van der Waals surface area contributed by atoms with Crippen LogP contribution < -0.4 is 0 Å². The minimum absolute atomic E-state index is 0.00640. The summed E-state index contributed by atoms with van der Waals surface area (Å²) in [7, 11) is -10.9. The molecule has 0 bridgehead atoms. The van der Waals surface area contributed by atoms with E-state index < -0.39 is 22.1 Å². The predicted octanol–water partition coefficient (Wildman–Crippen LogP) is 1.53. The van der Waals surface area contributed by atoms with E-state index in [-0.39, 0.29) is 74.0 Å². The van der Waals surface area contributed by atoms with Crippen LogP contribution in [-0.4, -0.2) is 123 Å². The average Bonchev–Trinajstić information content (AvgIpc) is 2.81. The van der Waals surface area contributed by atoms with Crippen molar-refractivity contribution in [2.75, 3.05) is 76.6 Å². The highest BCUT2D eigenvalue weighted by Gasteiger charge is 2.29. The Morgan fingerprint density at radius 2 is 0.722 bits per heavy atom. The van der Waals surface area contributed by atoms with Crippen molar-refractivity contribution >= 4 is 39.5 Å². The van der Waals surface area contributed by atoms with Crippen molar-refractivity contribution in [2.24, 2.45) is 0 Å². The van der Waals surface area contributed by atoms with Crippen molar-refractivity contribution in [3.8, 4) is 0 Å². The summed E-state index contributed by atoms with van der Waals surface area (Å²) in [5.74, 6) is -0.543. The van der Waals surface area contributed by atoms with Crippen LogP contribution in [0.1, 0.15) is 40.0 Å². The maximum absolute atomic E-state index is 12.7. The first-order valence-electron chi connectivity index (χ1n) is 12.1. The second-order valence-electron chi connectivity index (χ2n) is 9.84. The van der Waals surface area contributed by atoms with Gasteiger partial charge in [-0.2, -0.15) is 0 Å². The molecule has 210 valence electrons. The molecular weight excluding hydrogens is 531 g/mol. The van der Waals surface area contributed by atoms with Gasteiger partial charge in [0.15, 0.2) is 0 Å². The predicted molar refractivity (Wildman–Crippen MR) is 139 cm³/mol. The van der Waals surface area contributed by atoms with E-state index in [2.05, 4.69) is 0 Å². The quantitative estimate of drug-likeness (QED) is 0.242. The van der Waals surface area contributed by atoms with Crippen LogP contribution in [-0.2, 0) is 28.1 Å². The fraction of sp³-hybridized carbons (Fsp3) is 0.857. The standard InChI is InChI=1S/C21H42N3O9P3/c1-19(25)4-13-34(28,29)16-22-7-9-23(17-35(30,31)14-5-20(2)26)11-12-24(10-8-22)18-36(32,33)15-6-21(3)27/h4-18H2,1-3H3,(H,28,29)(H,30,31)(H,32,33). The first kappa shape index (κ1) is 33.5. The maximum Gasteiger partial charge on any atom is 0.214 e. The Labute approximate surface area is 213 Å². The van der Waals surface area contributed by atoms with E-state index in [0.717, 1.165) is 0 Å². The molecular formula is C21H42N3O9P3. The van der Waals surface area contributed by atoms with Crippen LogP contribution >= 0.6 is 22.1 Å². The Bertz CT molecular complexity index is 788. The fourth-order valence-corrected chi connectivity index (χ4v) is 8.90. The van der Waals surface area contributed by atoms with Gasteiger partial charge in [-0.05, 0) is 20.8 Å². The van der Waals surface area contributed by atoms with Crippen LogP contribution in [0.25, 0.3) is 0 Å². The van der Waals surface area contributed by atoms with Gasteiger partial charge in [0.1, 0.15) is 17.3 Å². The molecule has 0 aromatic rings. The molecule has 1 aliphatic heterocycles. The van der Waals surface area contributed by atoms with E-state index in [4.69, 9.17) is 0 Å². The Balaban J connectivity index is 3.00. The second kappa shape index (κ2) is 15.2. The minimum atomic E-state index is -3.64. The Morgan fingerprint density at radius 1 is 0.528 bits per heavy atom. The summed E-state index contributed by atoms with van der Waals surface area (Å²) < 4.78 is 38.1. The van der Waals surface area contributed by atoms with Gasteiger partial charge >= 0.3 is 0 Å². The molecule has 1 heterocycles. The van der Waals surface area contributed by atoms with Gasteiger partial charge in [-0.25, -0.2) is 0 Å². The molecule has 3 atom stereocenters. The van der Waals surface area contributed by atoms with Crippen molar-refractivity contribution in [3.05, 3.63) is 0 Å². The number of hydrogen-bond donors (Lipinski definition) is 3. The lowest BCUT2D eigenvalue weighted by Crippen LogP contribution is -2.37. The first-order valence-corrected chi connectivity index (χ1v) is 18.2. The van der Waals surface area contributed by atoms with Crippen LogP contribution in [0.15, 0.2) is 0 Å². The third-order valence-corrected chi connectivity index (χ3v) is 11.2. The molecule has 0 spiro atoms. The Kier molecular flexibility index (Phi) is 14.1. The Morgan fingerprint density at radius 3 is 0.889 bits per heavy atom. The summed E-state index contributed by atoms with van der Waals surface area (Å²) in [5, 5.41) is 0. The lowest BCUT2D eigenvalue weighted by atomic mass is 10.4. The van der Waals surface area contributed by atoms with Gasteiger partial charge in [-0.3, -0.25) is 28.4 Å². The largest absolute Gasteiger partial charge is 0.343 e. The maximum atomic E-state index is 12.7. The molecule has 1 saturated heterocycles. The molecule has 36 heavy (non-hydrogen) atoms. The topological polar surface area (TPSA) is 173 Å². The van der Waals surface area contributed by atoms with Gasteiger partial charge in [0.25, 0.3) is 0 Å². The number of carbonyl (C=O) groups is 3. The molecule has 0 radical (unpaired) electrons. The Hall–Kier alpha value is -0.540. The molecule has 12 nitrogen and oxygen atoms in total. The zero-order valence-electron chi connectivity index (χ0n) is 21.6. The van der Waals surface area contributed by atoms with Gasteiger partial charge in [0, 0.05) is 77.0 Å². The van der Waals surface area contributed by atoms with Crippen LogP contribution in [0.2, 0.25) is 0 Å². The number of hydrogen-bond acceptors (Lipinski definition) is 9. The third kappa shape index (κ3) is 15.7. The fourth-order valence-electron chi connectivity index (χ4n) is 3.75. The van der Waals surface area contributed by atoms with E-state index >= 15 is 0 Å². The molecule has 1 fully saturated rings. The van der Waals surface area contributed by atoms with Gasteiger partial charge in [0.05, 0.1) is 18.9 Å². The smallest absolute Gasteiger partial charge is 0.214 e. The summed E-state index contributed by atoms with van der Waals surface area (Å²) in [6.45, 7) is 6.02. The number of ketones is 3. The van der Waals surface area contributed by atoms with E-state index in [9.17, 15) is 42.8 Å². The summed E-state index contributed by atoms with van der Waals surface area (Å²) in [4.78, 5) is 70.2. The summed E-state index contributed by atoms with van der Waals surface area (Å²) in [5.41, 5.74) is 0. The SMILES string of the molecule is CC(=O)CCP(=O)(O)CN1CCN(CP(=O)(O)CCC(C)=O)CCN(CP(=O)(O)CCC(C)=O)CC1. The number of Topliss-reactive ketones (excluding diaryl/α,β-unsaturated/α-hetero) is 3. The second-order valence-corrected chi connectivity index (χ2v) is 17.1. The van der Waals surface area contributed by atoms with Crippen LogP contribution in [0.3, 0.4) is 0 Å². The summed E-state index contributed by atoms with van der Waals surface area (Å²) in [6.07, 6.45) is -0.923. The normalized spacial score (nSPS) is 21.8. The minimum Gasteiger partial charge on any atom is -0.343 e. The molecule has 0 aromatic carbocycles. The van der Waals surface area contributed by atoms with Crippen LogP contribution in [0, 0.1) is 0 Å². The lowest BCUT2D eigenvalue weighted by Gasteiger charge is -2.28. The first-order chi connectivity index (χ1) is 16.5. The van der Waals surface area contributed by atoms with Crippen LogP contribution in [0.4, 0.5) is 0 Å². The number of rotatable bonds is 15. The third-order valence-electron chi connectivity index (χ3n) is 5.90.